The van der Waals surface area contributed by atoms with Gasteiger partial charge in [0.25, 0.3) is 0 Å². The lowest BCUT2D eigenvalue weighted by Crippen LogP contribution is -2.17. The van der Waals surface area contributed by atoms with Gasteiger partial charge in [0.15, 0.2) is 11.5 Å². The normalized spacial score (nSPS) is 24.4. The standard InChI is InChI=1S/C18H19NO2/c19-18(15-11-14(15)12-4-2-1-3-5-12)13-6-7-16-17(10-13)21-9-8-20-16/h1-7,10,14-15,18H,8-9,11,19H2. The number of benzene rings is 2. The highest BCUT2D eigenvalue weighted by Gasteiger charge is 2.43. The van der Waals surface area contributed by atoms with E-state index in [1.165, 1.54) is 12.0 Å². The zero-order valence-corrected chi connectivity index (χ0v) is 11.9. The van der Waals surface area contributed by atoms with E-state index in [0.717, 1.165) is 17.1 Å². The van der Waals surface area contributed by atoms with E-state index < -0.39 is 0 Å². The lowest BCUT2D eigenvalue weighted by atomic mass is 9.99. The summed E-state index contributed by atoms with van der Waals surface area (Å²) in [4.78, 5) is 0. The number of nitrogens with two attached hydrogens (primary N) is 1. The Morgan fingerprint density at radius 2 is 1.71 bits per heavy atom. The molecule has 3 unspecified atom stereocenters. The van der Waals surface area contributed by atoms with Crippen LogP contribution in [0.2, 0.25) is 0 Å². The van der Waals surface area contributed by atoms with Crippen LogP contribution >= 0.6 is 0 Å². The number of rotatable bonds is 3. The maximum absolute atomic E-state index is 6.46. The molecular formula is C18H19NO2. The van der Waals surface area contributed by atoms with E-state index in [4.69, 9.17) is 15.2 Å². The Kier molecular flexibility index (Phi) is 3.08. The maximum atomic E-state index is 6.46. The van der Waals surface area contributed by atoms with Crippen molar-refractivity contribution in [2.24, 2.45) is 11.7 Å². The molecule has 3 heteroatoms. The first-order valence-electron chi connectivity index (χ1n) is 7.53. The van der Waals surface area contributed by atoms with Crippen LogP contribution in [0.25, 0.3) is 0 Å². The average Bonchev–Trinajstić information content (AvgIpc) is 3.35. The van der Waals surface area contributed by atoms with Crippen LogP contribution in [0, 0.1) is 5.92 Å². The summed E-state index contributed by atoms with van der Waals surface area (Å²) >= 11 is 0. The predicted octanol–water partition coefficient (Wildman–Crippen LogP) is 3.26. The second-order valence-corrected chi connectivity index (χ2v) is 5.85. The van der Waals surface area contributed by atoms with Crippen LogP contribution in [0.1, 0.15) is 29.5 Å². The summed E-state index contributed by atoms with van der Waals surface area (Å²) in [5.41, 5.74) is 9.00. The van der Waals surface area contributed by atoms with E-state index in [0.29, 0.717) is 25.0 Å². The highest BCUT2D eigenvalue weighted by Crippen LogP contribution is 2.53. The summed E-state index contributed by atoms with van der Waals surface area (Å²) in [7, 11) is 0. The fourth-order valence-electron chi connectivity index (χ4n) is 3.21. The van der Waals surface area contributed by atoms with E-state index in [1.807, 2.05) is 12.1 Å². The van der Waals surface area contributed by atoms with Gasteiger partial charge >= 0.3 is 0 Å². The van der Waals surface area contributed by atoms with Crippen LogP contribution in [0.3, 0.4) is 0 Å². The molecule has 2 N–H and O–H groups in total. The molecule has 108 valence electrons. The van der Waals surface area contributed by atoms with Gasteiger partial charge in [-0.05, 0) is 41.5 Å². The average molecular weight is 281 g/mol. The smallest absolute Gasteiger partial charge is 0.161 e. The molecule has 3 nitrogen and oxygen atoms in total. The Morgan fingerprint density at radius 1 is 0.952 bits per heavy atom. The summed E-state index contributed by atoms with van der Waals surface area (Å²) < 4.78 is 11.2. The molecule has 0 saturated heterocycles. The molecule has 0 bridgehead atoms. The second-order valence-electron chi connectivity index (χ2n) is 5.85. The zero-order chi connectivity index (χ0) is 14.2. The third kappa shape index (κ3) is 2.38. The molecule has 0 radical (unpaired) electrons. The van der Waals surface area contributed by atoms with Crippen LogP contribution in [0.5, 0.6) is 11.5 Å². The summed E-state index contributed by atoms with van der Waals surface area (Å²) in [6.07, 6.45) is 1.17. The Labute approximate surface area is 124 Å². The van der Waals surface area contributed by atoms with Crippen molar-refractivity contribution in [3.05, 3.63) is 59.7 Å². The molecule has 1 fully saturated rings. The molecule has 3 atom stereocenters. The highest BCUT2D eigenvalue weighted by molar-refractivity contribution is 5.45. The molecule has 0 spiro atoms. The van der Waals surface area contributed by atoms with Gasteiger partial charge in [-0.1, -0.05) is 36.4 Å². The molecule has 21 heavy (non-hydrogen) atoms. The predicted molar refractivity (Wildman–Crippen MR) is 81.7 cm³/mol. The Morgan fingerprint density at radius 3 is 2.52 bits per heavy atom. The van der Waals surface area contributed by atoms with Crippen LogP contribution in [0.15, 0.2) is 48.5 Å². The topological polar surface area (TPSA) is 44.5 Å². The third-order valence-electron chi connectivity index (χ3n) is 4.48. The molecular weight excluding hydrogens is 262 g/mol. The number of hydrogen-bond acceptors (Lipinski definition) is 3. The van der Waals surface area contributed by atoms with Gasteiger partial charge in [-0.25, -0.2) is 0 Å². The van der Waals surface area contributed by atoms with Gasteiger partial charge < -0.3 is 15.2 Å². The van der Waals surface area contributed by atoms with Crippen molar-refractivity contribution in [3.8, 4) is 11.5 Å². The van der Waals surface area contributed by atoms with Crippen LogP contribution in [-0.4, -0.2) is 13.2 Å². The van der Waals surface area contributed by atoms with E-state index in [-0.39, 0.29) is 6.04 Å². The quantitative estimate of drug-likeness (QED) is 0.939. The minimum atomic E-state index is 0.0611. The first-order chi connectivity index (χ1) is 10.3. The van der Waals surface area contributed by atoms with Crippen molar-refractivity contribution in [1.29, 1.82) is 0 Å². The first-order valence-corrected chi connectivity index (χ1v) is 7.53. The monoisotopic (exact) mass is 281 g/mol. The van der Waals surface area contributed by atoms with Crippen molar-refractivity contribution in [2.45, 2.75) is 18.4 Å². The fourth-order valence-corrected chi connectivity index (χ4v) is 3.21. The van der Waals surface area contributed by atoms with E-state index in [1.54, 1.807) is 0 Å². The highest BCUT2D eigenvalue weighted by atomic mass is 16.6. The Bertz CT molecular complexity index is 641. The van der Waals surface area contributed by atoms with Crippen molar-refractivity contribution in [3.63, 3.8) is 0 Å². The Balaban J connectivity index is 1.52. The summed E-state index contributed by atoms with van der Waals surface area (Å²) in [6.45, 7) is 1.23. The van der Waals surface area contributed by atoms with Crippen LogP contribution in [0.4, 0.5) is 0 Å². The van der Waals surface area contributed by atoms with Gasteiger partial charge in [0.1, 0.15) is 13.2 Å². The molecule has 2 aromatic rings. The molecule has 0 amide bonds. The second kappa shape index (κ2) is 5.08. The lowest BCUT2D eigenvalue weighted by Gasteiger charge is -2.20. The molecule has 0 aromatic heterocycles. The van der Waals surface area contributed by atoms with Gasteiger partial charge in [0.05, 0.1) is 0 Å². The van der Waals surface area contributed by atoms with Gasteiger partial charge in [-0.3, -0.25) is 0 Å². The lowest BCUT2D eigenvalue weighted by molar-refractivity contribution is 0.171. The molecule has 4 rings (SSSR count). The third-order valence-corrected chi connectivity index (χ3v) is 4.48. The molecule has 2 aromatic carbocycles. The SMILES string of the molecule is NC(c1ccc2c(c1)OCCO2)C1CC1c1ccccc1. The van der Waals surface area contributed by atoms with Crippen molar-refractivity contribution >= 4 is 0 Å². The van der Waals surface area contributed by atoms with Gasteiger partial charge in [0, 0.05) is 6.04 Å². The maximum Gasteiger partial charge on any atom is 0.161 e. The molecule has 1 heterocycles. The molecule has 2 aliphatic rings. The van der Waals surface area contributed by atoms with Crippen molar-refractivity contribution < 1.29 is 9.47 Å². The number of fused-ring (bicyclic) bond motifs is 1. The molecule has 1 aliphatic carbocycles. The number of hydrogen-bond donors (Lipinski definition) is 1. The van der Waals surface area contributed by atoms with Gasteiger partial charge in [-0.2, -0.15) is 0 Å². The summed E-state index contributed by atoms with van der Waals surface area (Å²) in [5.74, 6) is 2.77. The minimum absolute atomic E-state index is 0.0611. The van der Waals surface area contributed by atoms with Crippen LogP contribution in [-0.2, 0) is 0 Å². The molecule has 1 aliphatic heterocycles. The van der Waals surface area contributed by atoms with E-state index in [2.05, 4.69) is 36.4 Å². The Hall–Kier alpha value is -2.00. The largest absolute Gasteiger partial charge is 0.486 e. The van der Waals surface area contributed by atoms with Crippen LogP contribution < -0.4 is 15.2 Å². The molecule has 1 saturated carbocycles. The van der Waals surface area contributed by atoms with Gasteiger partial charge in [-0.15, -0.1) is 0 Å². The zero-order valence-electron chi connectivity index (χ0n) is 11.9. The van der Waals surface area contributed by atoms with Gasteiger partial charge in [0.2, 0.25) is 0 Å². The van der Waals surface area contributed by atoms with E-state index >= 15 is 0 Å². The summed E-state index contributed by atoms with van der Waals surface area (Å²) in [6, 6.07) is 16.8. The minimum Gasteiger partial charge on any atom is -0.486 e. The number of ether oxygens (including phenoxy) is 2. The first kappa shape index (κ1) is 12.7. The fraction of sp³-hybridized carbons (Fsp3) is 0.333. The van der Waals surface area contributed by atoms with Crippen molar-refractivity contribution in [1.82, 2.24) is 0 Å². The van der Waals surface area contributed by atoms with Crippen molar-refractivity contribution in [2.75, 3.05) is 13.2 Å². The summed E-state index contributed by atoms with van der Waals surface area (Å²) in [5, 5.41) is 0. The van der Waals surface area contributed by atoms with E-state index in [9.17, 15) is 0 Å².